The van der Waals surface area contributed by atoms with E-state index in [2.05, 4.69) is 70.3 Å². The normalized spacial score (nSPS) is 11.7. The standard InChI is InChI=1S/C28H31N3O/c1-18-9-10-21(16-20(18)3)26-24(31-15-7-8-19(2)27(31)30-26)17-25(32)29-23-13-11-22(12-14-23)28(4,5)6/h7-16H,17H2,1-6H3,(H,29,32). The summed E-state index contributed by atoms with van der Waals surface area (Å²) in [6.45, 7) is 12.8. The number of hydrogen-bond acceptors (Lipinski definition) is 2. The molecule has 1 amide bonds. The van der Waals surface area contributed by atoms with Crippen LogP contribution in [0.4, 0.5) is 5.69 Å². The fourth-order valence-corrected chi connectivity index (χ4v) is 3.95. The number of benzene rings is 2. The number of aryl methyl sites for hydroxylation is 3. The van der Waals surface area contributed by atoms with Gasteiger partial charge in [0.05, 0.1) is 17.8 Å². The molecule has 0 radical (unpaired) electrons. The predicted octanol–water partition coefficient (Wildman–Crippen LogP) is 6.41. The van der Waals surface area contributed by atoms with Crippen LogP contribution in [0.1, 0.15) is 48.7 Å². The van der Waals surface area contributed by atoms with E-state index in [-0.39, 0.29) is 17.7 Å². The highest BCUT2D eigenvalue weighted by Crippen LogP contribution is 2.28. The van der Waals surface area contributed by atoms with E-state index in [9.17, 15) is 4.79 Å². The zero-order valence-electron chi connectivity index (χ0n) is 19.8. The number of aromatic nitrogens is 2. The molecule has 4 rings (SSSR count). The van der Waals surface area contributed by atoms with Crippen LogP contribution in [0.2, 0.25) is 0 Å². The van der Waals surface area contributed by atoms with Gasteiger partial charge in [0.25, 0.3) is 0 Å². The van der Waals surface area contributed by atoms with Gasteiger partial charge in [0, 0.05) is 17.4 Å². The zero-order valence-corrected chi connectivity index (χ0v) is 19.8. The predicted molar refractivity (Wildman–Crippen MR) is 132 cm³/mol. The number of nitrogens with zero attached hydrogens (tertiary/aromatic N) is 2. The Labute approximate surface area is 190 Å². The highest BCUT2D eigenvalue weighted by molar-refractivity contribution is 5.93. The van der Waals surface area contributed by atoms with E-state index in [0.717, 1.165) is 33.8 Å². The van der Waals surface area contributed by atoms with E-state index in [1.807, 2.05) is 41.8 Å². The molecule has 0 spiro atoms. The summed E-state index contributed by atoms with van der Waals surface area (Å²) in [5.41, 5.74) is 9.35. The van der Waals surface area contributed by atoms with Crippen LogP contribution >= 0.6 is 0 Å². The third kappa shape index (κ3) is 4.31. The molecule has 1 N–H and O–H groups in total. The lowest BCUT2D eigenvalue weighted by Crippen LogP contribution is -2.16. The van der Waals surface area contributed by atoms with E-state index in [0.29, 0.717) is 0 Å². The second kappa shape index (κ2) is 8.27. The second-order valence-corrected chi connectivity index (χ2v) is 9.64. The molecule has 2 aromatic carbocycles. The van der Waals surface area contributed by atoms with Crippen LogP contribution in [-0.2, 0) is 16.6 Å². The average molecular weight is 426 g/mol. The lowest BCUT2D eigenvalue weighted by atomic mass is 9.87. The summed E-state index contributed by atoms with van der Waals surface area (Å²) in [5, 5.41) is 3.06. The molecule has 0 atom stereocenters. The molecule has 0 bridgehead atoms. The van der Waals surface area contributed by atoms with Crippen molar-refractivity contribution in [1.29, 1.82) is 0 Å². The van der Waals surface area contributed by atoms with Crippen molar-refractivity contribution >= 4 is 17.2 Å². The van der Waals surface area contributed by atoms with Gasteiger partial charge in [-0.2, -0.15) is 0 Å². The van der Waals surface area contributed by atoms with Crippen molar-refractivity contribution in [1.82, 2.24) is 9.38 Å². The number of nitrogens with one attached hydrogen (secondary N) is 1. The molecular formula is C28H31N3O. The van der Waals surface area contributed by atoms with Gasteiger partial charge >= 0.3 is 0 Å². The molecule has 0 saturated heterocycles. The molecular weight excluding hydrogens is 394 g/mol. The monoisotopic (exact) mass is 425 g/mol. The van der Waals surface area contributed by atoms with E-state index in [1.54, 1.807) is 0 Å². The molecule has 32 heavy (non-hydrogen) atoms. The molecule has 4 heteroatoms. The molecule has 0 saturated carbocycles. The maximum absolute atomic E-state index is 13.0. The molecule has 0 aliphatic heterocycles. The molecule has 2 aromatic heterocycles. The van der Waals surface area contributed by atoms with Gasteiger partial charge in [-0.15, -0.1) is 0 Å². The van der Waals surface area contributed by atoms with Gasteiger partial charge < -0.3 is 9.72 Å². The number of anilines is 1. The maximum Gasteiger partial charge on any atom is 0.230 e. The summed E-state index contributed by atoms with van der Waals surface area (Å²) >= 11 is 0. The van der Waals surface area contributed by atoms with Crippen LogP contribution in [0.25, 0.3) is 16.9 Å². The van der Waals surface area contributed by atoms with Gasteiger partial charge in [-0.1, -0.05) is 51.1 Å². The average Bonchev–Trinajstić information content (AvgIpc) is 3.09. The van der Waals surface area contributed by atoms with Gasteiger partial charge in [-0.3, -0.25) is 4.79 Å². The molecule has 4 aromatic rings. The lowest BCUT2D eigenvalue weighted by Gasteiger charge is -2.19. The first-order chi connectivity index (χ1) is 15.1. The number of carbonyl (C=O) groups is 1. The Hall–Kier alpha value is -3.40. The highest BCUT2D eigenvalue weighted by Gasteiger charge is 2.19. The van der Waals surface area contributed by atoms with E-state index >= 15 is 0 Å². The maximum atomic E-state index is 13.0. The third-order valence-electron chi connectivity index (χ3n) is 6.09. The first kappa shape index (κ1) is 21.8. The molecule has 164 valence electrons. The SMILES string of the molecule is Cc1ccc(-c2nc3c(C)cccn3c2CC(=O)Nc2ccc(C(C)(C)C)cc2)cc1C. The van der Waals surface area contributed by atoms with Crippen molar-refractivity contribution in [2.45, 2.75) is 53.4 Å². The largest absolute Gasteiger partial charge is 0.326 e. The fraction of sp³-hybridized carbons (Fsp3) is 0.286. The minimum atomic E-state index is -0.0538. The van der Waals surface area contributed by atoms with Crippen molar-refractivity contribution < 1.29 is 4.79 Å². The van der Waals surface area contributed by atoms with Crippen LogP contribution in [-0.4, -0.2) is 15.3 Å². The number of hydrogen-bond donors (Lipinski definition) is 1. The minimum Gasteiger partial charge on any atom is -0.326 e. The number of imidazole rings is 1. The number of amides is 1. The second-order valence-electron chi connectivity index (χ2n) is 9.64. The van der Waals surface area contributed by atoms with Crippen LogP contribution < -0.4 is 5.32 Å². The minimum absolute atomic E-state index is 0.0538. The van der Waals surface area contributed by atoms with Gasteiger partial charge in [-0.05, 0) is 72.7 Å². The first-order valence-electron chi connectivity index (χ1n) is 11.1. The topological polar surface area (TPSA) is 46.4 Å². The molecule has 0 aliphatic rings. The molecule has 0 fully saturated rings. The summed E-state index contributed by atoms with van der Waals surface area (Å²) in [6, 6.07) is 18.5. The van der Waals surface area contributed by atoms with Crippen LogP contribution in [0, 0.1) is 20.8 Å². The Kier molecular flexibility index (Phi) is 5.64. The first-order valence-corrected chi connectivity index (χ1v) is 11.1. The van der Waals surface area contributed by atoms with Gasteiger partial charge in [0.15, 0.2) is 0 Å². The zero-order chi connectivity index (χ0) is 23.0. The van der Waals surface area contributed by atoms with Gasteiger partial charge in [-0.25, -0.2) is 4.98 Å². The van der Waals surface area contributed by atoms with E-state index in [4.69, 9.17) is 4.98 Å². The Morgan fingerprint density at radius 3 is 2.31 bits per heavy atom. The molecule has 0 unspecified atom stereocenters. The quantitative estimate of drug-likeness (QED) is 0.411. The summed E-state index contributed by atoms with van der Waals surface area (Å²) in [5.74, 6) is -0.0538. The van der Waals surface area contributed by atoms with Crippen LogP contribution in [0.3, 0.4) is 0 Å². The Morgan fingerprint density at radius 1 is 0.938 bits per heavy atom. The Balaban J connectivity index is 1.68. The summed E-state index contributed by atoms with van der Waals surface area (Å²) < 4.78 is 2.04. The summed E-state index contributed by atoms with van der Waals surface area (Å²) in [4.78, 5) is 18.0. The molecule has 4 nitrogen and oxygen atoms in total. The smallest absolute Gasteiger partial charge is 0.230 e. The molecule has 2 heterocycles. The number of carbonyl (C=O) groups excluding carboxylic acids is 1. The Morgan fingerprint density at radius 2 is 1.66 bits per heavy atom. The van der Waals surface area contributed by atoms with Crippen LogP contribution in [0.15, 0.2) is 60.8 Å². The summed E-state index contributed by atoms with van der Waals surface area (Å²) in [7, 11) is 0. The number of fused-ring (bicyclic) bond motifs is 1. The summed E-state index contributed by atoms with van der Waals surface area (Å²) in [6.07, 6.45) is 2.23. The Bertz CT molecular complexity index is 1290. The lowest BCUT2D eigenvalue weighted by molar-refractivity contribution is -0.115. The van der Waals surface area contributed by atoms with Crippen molar-refractivity contribution in [3.05, 3.63) is 88.7 Å². The van der Waals surface area contributed by atoms with E-state index in [1.165, 1.54) is 16.7 Å². The van der Waals surface area contributed by atoms with E-state index < -0.39 is 0 Å². The van der Waals surface area contributed by atoms with Crippen LogP contribution in [0.5, 0.6) is 0 Å². The fourth-order valence-electron chi connectivity index (χ4n) is 3.95. The number of pyridine rings is 1. The van der Waals surface area contributed by atoms with Crippen molar-refractivity contribution in [3.8, 4) is 11.3 Å². The third-order valence-corrected chi connectivity index (χ3v) is 6.09. The number of rotatable bonds is 4. The van der Waals surface area contributed by atoms with Crippen molar-refractivity contribution in [3.63, 3.8) is 0 Å². The van der Waals surface area contributed by atoms with Gasteiger partial charge in [0.2, 0.25) is 5.91 Å². The van der Waals surface area contributed by atoms with Crippen molar-refractivity contribution in [2.75, 3.05) is 5.32 Å². The molecule has 0 aliphatic carbocycles. The van der Waals surface area contributed by atoms with Gasteiger partial charge in [0.1, 0.15) is 5.65 Å². The van der Waals surface area contributed by atoms with Crippen molar-refractivity contribution in [2.24, 2.45) is 0 Å². The highest BCUT2D eigenvalue weighted by atomic mass is 16.1.